The number of carbonyl (C=O) groups is 6. The maximum Gasteiger partial charge on any atom is 0.336 e. The monoisotopic (exact) mass is 950 g/mol. The van der Waals surface area contributed by atoms with E-state index < -0.39 is 59.4 Å². The highest BCUT2D eigenvalue weighted by Gasteiger charge is 2.50. The van der Waals surface area contributed by atoms with E-state index >= 15 is 0 Å². The minimum absolute atomic E-state index is 0.0535. The minimum Gasteiger partial charge on any atom is -0.508 e. The molecule has 0 aromatic heterocycles. The summed E-state index contributed by atoms with van der Waals surface area (Å²) in [4.78, 5) is 96.2. The van der Waals surface area contributed by atoms with Gasteiger partial charge in [-0.05, 0) is 97.5 Å². The van der Waals surface area contributed by atoms with E-state index in [1.165, 1.54) is 48.5 Å². The van der Waals surface area contributed by atoms with Crippen molar-refractivity contribution in [1.82, 2.24) is 21.3 Å². The van der Waals surface area contributed by atoms with E-state index in [1.807, 2.05) is 88.4 Å². The standard InChI is InChI=1S/C55H58N4O11/c1-31(2)24-43(49(62)55(5)30-69-55)57-53(66)45(26-34-14-10-7-11-15-34)59-52(65)44(25-32(3)4)58-51(64)42(23-16-33-12-8-6-9-13-33)56-50(63)35-17-20-38(41(27-35)54(67)68)48-39-21-18-36(60)28-46(39)70-47-29-37(61)19-22-40(47)48/h6-15,17-22,27-29,31-32,42-45,60H,16,23-26,30H2,1-5H3,(H,56,63)(H,57,66)(H,58,64)(H,59,65)(H,67,68)/t42-,43-,44-,45-,55+/m0/s1. The van der Waals surface area contributed by atoms with Gasteiger partial charge in [0.15, 0.2) is 11.2 Å². The average Bonchev–Trinajstić information content (AvgIpc) is 4.08. The number of ketones is 1. The zero-order valence-electron chi connectivity index (χ0n) is 39.7. The number of nitrogens with one attached hydrogen (secondary N) is 4. The highest BCUT2D eigenvalue weighted by atomic mass is 16.6. The Balaban J connectivity index is 1.16. The van der Waals surface area contributed by atoms with E-state index in [1.54, 1.807) is 13.0 Å². The molecule has 4 aromatic carbocycles. The normalized spacial score (nSPS) is 16.0. The predicted molar refractivity (Wildman–Crippen MR) is 263 cm³/mol. The number of aryl methyl sites for hydroxylation is 1. The van der Waals surface area contributed by atoms with Crippen LogP contribution in [0.2, 0.25) is 0 Å². The fraction of sp³-hybridized carbons (Fsp3) is 0.327. The lowest BCUT2D eigenvalue weighted by Crippen LogP contribution is -2.59. The molecule has 1 saturated heterocycles. The number of aromatic carboxylic acids is 1. The van der Waals surface area contributed by atoms with E-state index in [2.05, 4.69) is 21.3 Å². The van der Waals surface area contributed by atoms with Crippen molar-refractivity contribution in [3.05, 3.63) is 148 Å². The number of benzene rings is 5. The molecule has 6 N–H and O–H groups in total. The first kappa shape index (κ1) is 50.2. The smallest absolute Gasteiger partial charge is 0.336 e. The van der Waals surface area contributed by atoms with Crippen LogP contribution >= 0.6 is 0 Å². The zero-order chi connectivity index (χ0) is 50.3. The van der Waals surface area contributed by atoms with Crippen molar-refractivity contribution in [2.45, 2.75) is 96.5 Å². The highest BCUT2D eigenvalue weighted by Crippen LogP contribution is 2.42. The van der Waals surface area contributed by atoms with Gasteiger partial charge in [-0.25, -0.2) is 4.79 Å². The highest BCUT2D eigenvalue weighted by molar-refractivity contribution is 6.09. The van der Waals surface area contributed by atoms with Gasteiger partial charge in [0, 0.05) is 40.6 Å². The molecule has 1 aliphatic carbocycles. The second-order valence-corrected chi connectivity index (χ2v) is 18.9. The Morgan fingerprint density at radius 1 is 0.657 bits per heavy atom. The summed E-state index contributed by atoms with van der Waals surface area (Å²) < 4.78 is 11.4. The van der Waals surface area contributed by atoms with Crippen LogP contribution < -0.4 is 26.7 Å². The zero-order valence-corrected chi connectivity index (χ0v) is 39.7. The van der Waals surface area contributed by atoms with Gasteiger partial charge in [-0.1, -0.05) is 94.4 Å². The SMILES string of the molecule is CC(C)C[C@H](NC(=O)[C@H](CCc1ccccc1)NC(=O)c1ccc(-c2c3ccc(=O)cc-3oc3cc(O)ccc23)c(C(=O)O)c1)C(=O)N[C@@H](Cc1ccccc1)C(=O)N[C@@H](CC(C)C)C(=O)[C@@]1(C)CO1. The first-order valence-corrected chi connectivity index (χ1v) is 23.4. The molecule has 0 spiro atoms. The number of carboxylic acid groups (broad SMARTS) is 1. The number of aromatic hydroxyl groups is 1. The Hall–Kier alpha value is -7.65. The topological polar surface area (TPSA) is 234 Å². The Labute approximate surface area is 405 Å². The van der Waals surface area contributed by atoms with E-state index in [0.29, 0.717) is 29.4 Å². The molecule has 364 valence electrons. The summed E-state index contributed by atoms with van der Waals surface area (Å²) in [5.74, 6) is -4.29. The third kappa shape index (κ3) is 12.3. The van der Waals surface area contributed by atoms with Crippen molar-refractivity contribution in [2.24, 2.45) is 11.8 Å². The Morgan fingerprint density at radius 2 is 1.24 bits per heavy atom. The minimum atomic E-state index is -1.36. The van der Waals surface area contributed by atoms with Crippen LogP contribution in [0.5, 0.6) is 5.75 Å². The van der Waals surface area contributed by atoms with E-state index in [0.717, 1.165) is 11.1 Å². The molecule has 15 heteroatoms. The van der Waals surface area contributed by atoms with Gasteiger partial charge in [0.2, 0.25) is 17.7 Å². The van der Waals surface area contributed by atoms with Crippen LogP contribution in [0, 0.1) is 11.8 Å². The summed E-state index contributed by atoms with van der Waals surface area (Å²) in [6.07, 6.45) is 1.04. The van der Waals surface area contributed by atoms with Crippen molar-refractivity contribution < 1.29 is 48.1 Å². The molecule has 0 bridgehead atoms. The fourth-order valence-electron chi connectivity index (χ4n) is 8.60. The van der Waals surface area contributed by atoms with Crippen LogP contribution in [0.4, 0.5) is 0 Å². The van der Waals surface area contributed by atoms with Gasteiger partial charge in [-0.2, -0.15) is 0 Å². The maximum atomic E-state index is 14.5. The number of fused-ring (bicyclic) bond motifs is 2. The lowest BCUT2D eigenvalue weighted by Gasteiger charge is -2.28. The fourth-order valence-corrected chi connectivity index (χ4v) is 8.60. The lowest BCUT2D eigenvalue weighted by atomic mass is 9.89. The second kappa shape index (κ2) is 21.8. The second-order valence-electron chi connectivity index (χ2n) is 18.9. The molecule has 0 radical (unpaired) electrons. The third-order valence-electron chi connectivity index (χ3n) is 12.3. The molecule has 15 nitrogen and oxygen atoms in total. The number of carbonyl (C=O) groups excluding carboxylic acids is 5. The number of epoxide rings is 1. The first-order chi connectivity index (χ1) is 33.4. The van der Waals surface area contributed by atoms with Crippen LogP contribution in [0.1, 0.15) is 85.7 Å². The summed E-state index contributed by atoms with van der Waals surface area (Å²) in [6, 6.07) is 26.5. The van der Waals surface area contributed by atoms with Crippen molar-refractivity contribution in [3.63, 3.8) is 0 Å². The average molecular weight is 951 g/mol. The molecular weight excluding hydrogens is 893 g/mol. The van der Waals surface area contributed by atoms with E-state index in [-0.39, 0.29) is 82.7 Å². The summed E-state index contributed by atoms with van der Waals surface area (Å²) in [6.45, 7) is 9.57. The third-order valence-corrected chi connectivity index (χ3v) is 12.3. The number of phenolic OH excluding ortho intramolecular Hbond substituents is 1. The molecule has 3 aliphatic rings. The predicted octanol–water partition coefficient (Wildman–Crippen LogP) is 6.85. The lowest BCUT2D eigenvalue weighted by molar-refractivity contribution is -0.134. The molecule has 2 aliphatic heterocycles. The molecule has 7 rings (SSSR count). The molecule has 2 heterocycles. The number of rotatable bonds is 21. The number of phenols is 1. The molecule has 1 fully saturated rings. The van der Waals surface area contributed by atoms with Crippen LogP contribution in [-0.4, -0.2) is 82.0 Å². The van der Waals surface area contributed by atoms with Gasteiger partial charge in [0.25, 0.3) is 5.91 Å². The van der Waals surface area contributed by atoms with Crippen LogP contribution in [0.15, 0.2) is 124 Å². The summed E-state index contributed by atoms with van der Waals surface area (Å²) in [7, 11) is 0. The first-order valence-electron chi connectivity index (χ1n) is 23.4. The number of carboxylic acids is 1. The van der Waals surface area contributed by atoms with Gasteiger partial charge >= 0.3 is 5.97 Å². The molecule has 5 atom stereocenters. The molecule has 70 heavy (non-hydrogen) atoms. The number of ether oxygens (including phenoxy) is 1. The number of Topliss-reactive ketones (excluding diaryl/α,β-unsaturated/α-hetero) is 1. The summed E-state index contributed by atoms with van der Waals surface area (Å²) in [5, 5.41) is 32.7. The van der Waals surface area contributed by atoms with E-state index in [9.17, 15) is 43.8 Å². The number of hydrogen-bond donors (Lipinski definition) is 6. The molecule has 4 aromatic rings. The van der Waals surface area contributed by atoms with Crippen molar-refractivity contribution in [3.8, 4) is 28.2 Å². The van der Waals surface area contributed by atoms with Gasteiger partial charge < -0.3 is 40.6 Å². The Morgan fingerprint density at radius 3 is 1.89 bits per heavy atom. The molecule has 0 unspecified atom stereocenters. The van der Waals surface area contributed by atoms with Crippen molar-refractivity contribution in [1.29, 1.82) is 0 Å². The van der Waals surface area contributed by atoms with Crippen LogP contribution in [-0.2, 0) is 36.8 Å². The van der Waals surface area contributed by atoms with Gasteiger partial charge in [0.05, 0.1) is 18.2 Å². The van der Waals surface area contributed by atoms with Crippen molar-refractivity contribution in [2.75, 3.05) is 6.61 Å². The number of amides is 4. The van der Waals surface area contributed by atoms with Crippen molar-refractivity contribution >= 4 is 46.4 Å². The van der Waals surface area contributed by atoms with Crippen LogP contribution in [0.25, 0.3) is 33.4 Å². The summed E-state index contributed by atoms with van der Waals surface area (Å²) >= 11 is 0. The van der Waals surface area contributed by atoms with Gasteiger partial charge in [-0.3, -0.25) is 28.8 Å². The summed E-state index contributed by atoms with van der Waals surface area (Å²) in [5.41, 5.74) is 1.16. The molecule has 4 amide bonds. The largest absolute Gasteiger partial charge is 0.508 e. The quantitative estimate of drug-likeness (QED) is 0.0323. The molecule has 0 saturated carbocycles. The Kier molecular flexibility index (Phi) is 15.6. The number of hydrogen-bond acceptors (Lipinski definition) is 10. The maximum absolute atomic E-state index is 14.5. The van der Waals surface area contributed by atoms with E-state index in [4.69, 9.17) is 9.15 Å². The van der Waals surface area contributed by atoms with Gasteiger partial charge in [0.1, 0.15) is 40.8 Å². The van der Waals surface area contributed by atoms with Crippen LogP contribution in [0.3, 0.4) is 0 Å². The van der Waals surface area contributed by atoms with Gasteiger partial charge in [-0.15, -0.1) is 0 Å². The Bertz CT molecular complexity index is 2930. The molecular formula is C55H58N4O11.